The zero-order chi connectivity index (χ0) is 24.1. The number of carbonyl (C=O) groups is 2. The lowest BCUT2D eigenvalue weighted by molar-refractivity contribution is -0.183. The van der Waals surface area contributed by atoms with Gasteiger partial charge in [0.1, 0.15) is 23.4 Å². The van der Waals surface area contributed by atoms with Crippen molar-refractivity contribution >= 4 is 11.8 Å². The van der Waals surface area contributed by atoms with Crippen LogP contribution in [0, 0.1) is 40.4 Å². The largest absolute Gasteiger partial charge is 0.460 e. The molecule has 6 nitrogen and oxygen atoms in total. The van der Waals surface area contributed by atoms with Gasteiger partial charge < -0.3 is 19.3 Å². The first-order valence-electron chi connectivity index (χ1n) is 13.4. The second-order valence-corrected chi connectivity index (χ2v) is 13.5. The summed E-state index contributed by atoms with van der Waals surface area (Å²) in [5.41, 5.74) is -2.89. The van der Waals surface area contributed by atoms with E-state index in [1.165, 1.54) is 0 Å². The van der Waals surface area contributed by atoms with E-state index in [9.17, 15) is 14.7 Å². The van der Waals surface area contributed by atoms with Gasteiger partial charge >= 0.3 is 5.97 Å². The summed E-state index contributed by atoms with van der Waals surface area (Å²) in [5.74, 6) is 1.50. The summed E-state index contributed by atoms with van der Waals surface area (Å²) in [4.78, 5) is 26.0. The van der Waals surface area contributed by atoms with E-state index in [1.54, 1.807) is 6.08 Å². The fourth-order valence-electron chi connectivity index (χ4n) is 10.0. The Balaban J connectivity index is 1.18. The molecule has 1 N–H and O–H groups in total. The van der Waals surface area contributed by atoms with Crippen molar-refractivity contribution in [1.29, 1.82) is 0 Å². The maximum absolute atomic E-state index is 13.3. The third-order valence-electron chi connectivity index (χ3n) is 12.5. The fraction of sp³-hybridized carbons (Fsp3) is 0.857. The van der Waals surface area contributed by atoms with Crippen LogP contribution in [0.5, 0.6) is 0 Å². The van der Waals surface area contributed by atoms with Gasteiger partial charge in [-0.25, -0.2) is 4.79 Å². The van der Waals surface area contributed by atoms with Crippen LogP contribution in [0.25, 0.3) is 0 Å². The summed E-state index contributed by atoms with van der Waals surface area (Å²) >= 11 is 0. The Morgan fingerprint density at radius 2 is 1.85 bits per heavy atom. The van der Waals surface area contributed by atoms with E-state index in [-0.39, 0.29) is 47.3 Å². The topological polar surface area (TPSA) is 88.7 Å². The number of hydrogen-bond acceptors (Lipinski definition) is 6. The average molecular weight is 471 g/mol. The quantitative estimate of drug-likeness (QED) is 0.490. The number of allylic oxidation sites excluding steroid dienone is 1. The first kappa shape index (κ1) is 22.0. The van der Waals surface area contributed by atoms with Crippen molar-refractivity contribution in [2.24, 2.45) is 40.4 Å². The molecule has 3 aliphatic heterocycles. The van der Waals surface area contributed by atoms with Crippen LogP contribution in [0.2, 0.25) is 0 Å². The Labute approximate surface area is 201 Å². The third-order valence-corrected chi connectivity index (χ3v) is 12.5. The zero-order valence-electron chi connectivity index (χ0n) is 21.0. The van der Waals surface area contributed by atoms with Crippen LogP contribution in [0.4, 0.5) is 0 Å². The molecule has 34 heavy (non-hydrogen) atoms. The second-order valence-electron chi connectivity index (χ2n) is 13.5. The summed E-state index contributed by atoms with van der Waals surface area (Å²) in [6.45, 7) is 10.6. The standard InChI is InChI=1S/C28H38O6/c1-14(18-13-25(3)27(5,34-25)23(30)32-18)15-8-9-16-20-17(10-12-24(15,16)2)26(4)19(29)7-6-11-28(26,31)22-21(20)33-22/h6-7,14-18,20-22,31H,8-13H2,1-5H3/t14-,15+,16-,17-,18+,20-,21-,22-,24+,25-,26-,27+,28-/m0/s1. The zero-order valence-corrected chi connectivity index (χ0v) is 21.0. The number of esters is 1. The molecule has 7 rings (SSSR count). The predicted octanol–water partition coefficient (Wildman–Crippen LogP) is 3.59. The van der Waals surface area contributed by atoms with Gasteiger partial charge in [0.2, 0.25) is 0 Å². The van der Waals surface area contributed by atoms with Gasteiger partial charge in [0.25, 0.3) is 0 Å². The molecular formula is C28H38O6. The highest BCUT2D eigenvalue weighted by molar-refractivity contribution is 5.97. The normalized spacial score (nSPS) is 61.9. The molecule has 186 valence electrons. The monoisotopic (exact) mass is 470 g/mol. The van der Waals surface area contributed by atoms with Crippen LogP contribution < -0.4 is 0 Å². The third kappa shape index (κ3) is 2.26. The maximum atomic E-state index is 13.3. The number of rotatable bonds is 2. The van der Waals surface area contributed by atoms with Gasteiger partial charge in [-0.2, -0.15) is 0 Å². The summed E-state index contributed by atoms with van der Waals surface area (Å²) in [5, 5.41) is 11.7. The lowest BCUT2D eigenvalue weighted by atomic mass is 9.43. The molecule has 0 aromatic heterocycles. The predicted molar refractivity (Wildman–Crippen MR) is 123 cm³/mol. The first-order chi connectivity index (χ1) is 15.9. The molecule has 6 fully saturated rings. The molecule has 3 saturated carbocycles. The van der Waals surface area contributed by atoms with Gasteiger partial charge in [-0.3, -0.25) is 4.79 Å². The van der Waals surface area contributed by atoms with E-state index in [2.05, 4.69) is 13.8 Å². The van der Waals surface area contributed by atoms with Crippen LogP contribution in [0.1, 0.15) is 73.1 Å². The smallest absolute Gasteiger partial charge is 0.341 e. The van der Waals surface area contributed by atoms with Gasteiger partial charge in [0.05, 0.1) is 11.5 Å². The van der Waals surface area contributed by atoms with E-state index in [0.29, 0.717) is 24.2 Å². The fourth-order valence-corrected chi connectivity index (χ4v) is 10.0. The van der Waals surface area contributed by atoms with Gasteiger partial charge in [-0.05, 0) is 94.0 Å². The highest BCUT2D eigenvalue weighted by Gasteiger charge is 2.78. The molecule has 6 heteroatoms. The highest BCUT2D eigenvalue weighted by Crippen LogP contribution is 2.72. The Morgan fingerprint density at radius 3 is 2.59 bits per heavy atom. The molecule has 13 atom stereocenters. The van der Waals surface area contributed by atoms with Crippen LogP contribution in [0.15, 0.2) is 12.2 Å². The number of ether oxygens (including phenoxy) is 3. The van der Waals surface area contributed by atoms with E-state index in [1.807, 2.05) is 26.8 Å². The minimum Gasteiger partial charge on any atom is -0.460 e. The highest BCUT2D eigenvalue weighted by atomic mass is 16.7. The number of carbonyl (C=O) groups excluding carboxylic acids is 2. The molecule has 7 aliphatic rings. The molecule has 3 heterocycles. The number of fused-ring (bicyclic) bond motifs is 9. The number of ketones is 1. The second kappa shape index (κ2) is 6.18. The molecule has 3 saturated heterocycles. The molecule has 0 unspecified atom stereocenters. The summed E-state index contributed by atoms with van der Waals surface area (Å²) < 4.78 is 18.1. The SMILES string of the molecule is C[C@@H]([C@H]1CC[C@H]2[C@@H]3[C@@H]4O[C@@H]4[C@@]4(O)CC=CC(=O)[C@]4(C)[C@H]3CC[C@]12C)[C@H]1C[C@]2(C)O[C@]2(C)C(=O)O1. The van der Waals surface area contributed by atoms with E-state index >= 15 is 0 Å². The van der Waals surface area contributed by atoms with Crippen molar-refractivity contribution in [2.75, 3.05) is 0 Å². The Bertz CT molecular complexity index is 1020. The van der Waals surface area contributed by atoms with Crippen LogP contribution in [-0.4, -0.2) is 52.0 Å². The minimum atomic E-state index is -1.08. The molecule has 0 spiro atoms. The number of hydrogen-bond donors (Lipinski definition) is 1. The molecule has 0 radical (unpaired) electrons. The summed E-state index contributed by atoms with van der Waals surface area (Å²) in [6.07, 6.45) is 8.74. The van der Waals surface area contributed by atoms with Crippen molar-refractivity contribution in [2.45, 2.75) is 108 Å². The number of aliphatic hydroxyl groups is 1. The first-order valence-corrected chi connectivity index (χ1v) is 13.4. The van der Waals surface area contributed by atoms with Crippen molar-refractivity contribution in [3.63, 3.8) is 0 Å². The Kier molecular flexibility index (Phi) is 3.99. The van der Waals surface area contributed by atoms with Gasteiger partial charge in [0.15, 0.2) is 11.4 Å². The van der Waals surface area contributed by atoms with Crippen molar-refractivity contribution in [1.82, 2.24) is 0 Å². The Hall–Kier alpha value is -1.24. The minimum absolute atomic E-state index is 0.0630. The van der Waals surface area contributed by atoms with Crippen LogP contribution in [0.3, 0.4) is 0 Å². The van der Waals surface area contributed by atoms with Gasteiger partial charge in [-0.1, -0.05) is 19.9 Å². The summed E-state index contributed by atoms with van der Waals surface area (Å²) in [7, 11) is 0. The molecule has 0 aromatic carbocycles. The van der Waals surface area contributed by atoms with Crippen LogP contribution >= 0.6 is 0 Å². The van der Waals surface area contributed by atoms with Crippen molar-refractivity contribution in [3.8, 4) is 0 Å². The van der Waals surface area contributed by atoms with Crippen molar-refractivity contribution in [3.05, 3.63) is 12.2 Å². The average Bonchev–Trinajstić information content (AvgIpc) is 3.64. The van der Waals surface area contributed by atoms with Crippen molar-refractivity contribution < 1.29 is 28.9 Å². The van der Waals surface area contributed by atoms with E-state index in [4.69, 9.17) is 14.2 Å². The maximum Gasteiger partial charge on any atom is 0.341 e. The lowest BCUT2D eigenvalue weighted by Gasteiger charge is -2.60. The molecular weight excluding hydrogens is 432 g/mol. The Morgan fingerprint density at radius 1 is 1.09 bits per heavy atom. The molecule has 0 aromatic rings. The number of epoxide rings is 2. The molecule has 0 bridgehead atoms. The molecule has 0 amide bonds. The lowest BCUT2D eigenvalue weighted by Crippen LogP contribution is -2.67. The van der Waals surface area contributed by atoms with Gasteiger partial charge in [0, 0.05) is 6.42 Å². The van der Waals surface area contributed by atoms with Crippen LogP contribution in [-0.2, 0) is 23.8 Å². The van der Waals surface area contributed by atoms with E-state index in [0.717, 1.165) is 32.1 Å². The summed E-state index contributed by atoms with van der Waals surface area (Å²) in [6, 6.07) is 0. The molecule has 4 aliphatic carbocycles. The van der Waals surface area contributed by atoms with E-state index < -0.39 is 22.2 Å². The number of cyclic esters (lactones) is 1. The van der Waals surface area contributed by atoms with Gasteiger partial charge in [-0.15, -0.1) is 0 Å².